The van der Waals surface area contributed by atoms with E-state index < -0.39 is 0 Å². The Morgan fingerprint density at radius 1 is 0.704 bits per heavy atom. The summed E-state index contributed by atoms with van der Waals surface area (Å²) in [4.78, 5) is 0. The fraction of sp³-hybridized carbons (Fsp3) is 0.0833. The highest BCUT2D eigenvalue weighted by molar-refractivity contribution is 5.66. The van der Waals surface area contributed by atoms with Gasteiger partial charge in [0, 0.05) is 5.56 Å². The van der Waals surface area contributed by atoms with Crippen molar-refractivity contribution in [3.8, 4) is 39.7 Å². The average molecular weight is 356 g/mol. The second-order valence-corrected chi connectivity index (χ2v) is 6.32. The molecule has 27 heavy (non-hydrogen) atoms. The highest BCUT2D eigenvalue weighted by atomic mass is 16.5. The number of rotatable bonds is 5. The Morgan fingerprint density at radius 2 is 1.52 bits per heavy atom. The highest BCUT2D eigenvalue weighted by Crippen LogP contribution is 2.32. The maximum absolute atomic E-state index is 6.13. The molecule has 0 radical (unpaired) electrons. The van der Waals surface area contributed by atoms with Gasteiger partial charge in [0.1, 0.15) is 23.0 Å². The topological polar surface area (TPSA) is 31.6 Å². The van der Waals surface area contributed by atoms with Crippen LogP contribution in [0, 0.1) is 6.92 Å². The first-order chi connectivity index (χ1) is 13.2. The summed E-state index contributed by atoms with van der Waals surface area (Å²) in [5.41, 5.74) is 4.31. The van der Waals surface area contributed by atoms with Gasteiger partial charge in [0.2, 0.25) is 0 Å². The largest absolute Gasteiger partial charge is 0.497 e. The number of methoxy groups -OCH3 is 1. The Balaban J connectivity index is 1.57. The van der Waals surface area contributed by atoms with E-state index in [-0.39, 0.29) is 0 Å². The molecule has 0 unspecified atom stereocenters. The van der Waals surface area contributed by atoms with E-state index in [0.29, 0.717) is 0 Å². The van der Waals surface area contributed by atoms with Gasteiger partial charge in [-0.25, -0.2) is 0 Å². The Kier molecular flexibility index (Phi) is 4.67. The summed E-state index contributed by atoms with van der Waals surface area (Å²) in [5.74, 6) is 3.33. The van der Waals surface area contributed by atoms with Gasteiger partial charge in [0.05, 0.1) is 13.4 Å². The predicted octanol–water partition coefficient (Wildman–Crippen LogP) is 6.72. The Morgan fingerprint density at radius 3 is 2.22 bits per heavy atom. The molecule has 0 saturated carbocycles. The number of ether oxygens (including phenoxy) is 2. The van der Waals surface area contributed by atoms with Gasteiger partial charge in [-0.2, -0.15) is 0 Å². The van der Waals surface area contributed by atoms with Crippen molar-refractivity contribution in [2.75, 3.05) is 7.11 Å². The number of hydrogen-bond acceptors (Lipinski definition) is 3. The molecule has 0 bridgehead atoms. The van der Waals surface area contributed by atoms with E-state index in [1.54, 1.807) is 13.4 Å². The van der Waals surface area contributed by atoms with Crippen molar-refractivity contribution in [2.24, 2.45) is 0 Å². The number of furan rings is 1. The SMILES string of the molecule is COc1ccc(-c2cccc(Oc3ccc(-c4ccco4)cc3C)c2)cc1. The minimum absolute atomic E-state index is 0.803. The van der Waals surface area contributed by atoms with E-state index in [1.807, 2.05) is 73.7 Å². The molecule has 0 fully saturated rings. The van der Waals surface area contributed by atoms with Crippen LogP contribution in [-0.2, 0) is 0 Å². The quantitative estimate of drug-likeness (QED) is 0.397. The van der Waals surface area contributed by atoms with Crippen molar-refractivity contribution in [3.05, 3.63) is 90.7 Å². The van der Waals surface area contributed by atoms with Crippen molar-refractivity contribution in [1.29, 1.82) is 0 Å². The third-order valence-electron chi connectivity index (χ3n) is 4.47. The molecule has 0 atom stereocenters. The fourth-order valence-corrected chi connectivity index (χ4v) is 3.01. The van der Waals surface area contributed by atoms with Gasteiger partial charge >= 0.3 is 0 Å². The monoisotopic (exact) mass is 356 g/mol. The van der Waals surface area contributed by atoms with Crippen LogP contribution in [0.4, 0.5) is 0 Å². The predicted molar refractivity (Wildman–Crippen MR) is 107 cm³/mol. The van der Waals surface area contributed by atoms with Gasteiger partial charge in [-0.1, -0.05) is 24.3 Å². The lowest BCUT2D eigenvalue weighted by atomic mass is 10.1. The molecular formula is C24H20O3. The summed E-state index contributed by atoms with van der Waals surface area (Å²) in [5, 5.41) is 0. The van der Waals surface area contributed by atoms with E-state index in [4.69, 9.17) is 13.9 Å². The van der Waals surface area contributed by atoms with Crippen molar-refractivity contribution in [3.63, 3.8) is 0 Å². The molecule has 1 heterocycles. The second kappa shape index (κ2) is 7.42. The van der Waals surface area contributed by atoms with Crippen LogP contribution >= 0.6 is 0 Å². The number of benzene rings is 3. The zero-order valence-electron chi connectivity index (χ0n) is 15.3. The van der Waals surface area contributed by atoms with Gasteiger partial charge in [-0.05, 0) is 78.2 Å². The molecule has 4 aromatic rings. The van der Waals surface area contributed by atoms with E-state index in [1.165, 1.54) is 0 Å². The lowest BCUT2D eigenvalue weighted by Crippen LogP contribution is -1.89. The Bertz CT molecular complexity index is 1030. The molecule has 0 aliphatic heterocycles. The zero-order valence-corrected chi connectivity index (χ0v) is 15.3. The van der Waals surface area contributed by atoms with Crippen LogP contribution in [0.3, 0.4) is 0 Å². The summed E-state index contributed by atoms with van der Waals surface area (Å²) < 4.78 is 16.8. The fourth-order valence-electron chi connectivity index (χ4n) is 3.01. The minimum Gasteiger partial charge on any atom is -0.497 e. The van der Waals surface area contributed by atoms with E-state index in [0.717, 1.165) is 45.3 Å². The summed E-state index contributed by atoms with van der Waals surface area (Å²) in [6.45, 7) is 2.04. The molecule has 0 saturated heterocycles. The summed E-state index contributed by atoms with van der Waals surface area (Å²) >= 11 is 0. The van der Waals surface area contributed by atoms with Crippen LogP contribution in [0.25, 0.3) is 22.5 Å². The number of hydrogen-bond donors (Lipinski definition) is 0. The molecule has 3 aromatic carbocycles. The molecule has 4 rings (SSSR count). The van der Waals surface area contributed by atoms with E-state index in [9.17, 15) is 0 Å². The maximum atomic E-state index is 6.13. The van der Waals surface area contributed by atoms with Gasteiger partial charge in [0.25, 0.3) is 0 Å². The first-order valence-electron chi connectivity index (χ1n) is 8.80. The molecule has 3 heteroatoms. The molecule has 1 aromatic heterocycles. The third kappa shape index (κ3) is 3.72. The van der Waals surface area contributed by atoms with Crippen molar-refractivity contribution in [1.82, 2.24) is 0 Å². The Hall–Kier alpha value is -3.46. The highest BCUT2D eigenvalue weighted by Gasteiger charge is 2.07. The summed E-state index contributed by atoms with van der Waals surface area (Å²) in [7, 11) is 1.67. The summed E-state index contributed by atoms with van der Waals surface area (Å²) in [6.07, 6.45) is 1.68. The molecule has 3 nitrogen and oxygen atoms in total. The average Bonchev–Trinajstić information content (AvgIpc) is 3.25. The zero-order chi connectivity index (χ0) is 18.6. The molecular weight excluding hydrogens is 336 g/mol. The Labute approximate surface area is 158 Å². The van der Waals surface area contributed by atoms with Crippen LogP contribution in [0.5, 0.6) is 17.2 Å². The standard InChI is InChI=1S/C24H20O3/c1-17-15-20(24-7-4-14-26-24)10-13-23(17)27-22-6-3-5-19(16-22)18-8-11-21(25-2)12-9-18/h3-16H,1-2H3. The van der Waals surface area contributed by atoms with Crippen LogP contribution < -0.4 is 9.47 Å². The molecule has 134 valence electrons. The lowest BCUT2D eigenvalue weighted by Gasteiger charge is -2.11. The van der Waals surface area contributed by atoms with Crippen LogP contribution in [-0.4, -0.2) is 7.11 Å². The number of aryl methyl sites for hydroxylation is 1. The molecule has 0 spiro atoms. The normalized spacial score (nSPS) is 10.6. The molecule has 0 amide bonds. The first kappa shape index (κ1) is 17.0. The lowest BCUT2D eigenvalue weighted by molar-refractivity contribution is 0.415. The van der Waals surface area contributed by atoms with Crippen LogP contribution in [0.2, 0.25) is 0 Å². The molecule has 0 aliphatic carbocycles. The van der Waals surface area contributed by atoms with Gasteiger partial charge in [-0.3, -0.25) is 0 Å². The summed E-state index contributed by atoms with van der Waals surface area (Å²) in [6, 6.07) is 26.0. The minimum atomic E-state index is 0.803. The molecule has 0 aliphatic rings. The van der Waals surface area contributed by atoms with Crippen molar-refractivity contribution >= 4 is 0 Å². The second-order valence-electron chi connectivity index (χ2n) is 6.32. The third-order valence-corrected chi connectivity index (χ3v) is 4.47. The van der Waals surface area contributed by atoms with Crippen molar-refractivity contribution in [2.45, 2.75) is 6.92 Å². The van der Waals surface area contributed by atoms with E-state index >= 15 is 0 Å². The van der Waals surface area contributed by atoms with Gasteiger partial charge in [-0.15, -0.1) is 0 Å². The molecule has 0 N–H and O–H groups in total. The smallest absolute Gasteiger partial charge is 0.133 e. The van der Waals surface area contributed by atoms with Crippen LogP contribution in [0.1, 0.15) is 5.56 Å². The van der Waals surface area contributed by atoms with Crippen molar-refractivity contribution < 1.29 is 13.9 Å². The van der Waals surface area contributed by atoms with Gasteiger partial charge < -0.3 is 13.9 Å². The maximum Gasteiger partial charge on any atom is 0.133 e. The van der Waals surface area contributed by atoms with Crippen LogP contribution in [0.15, 0.2) is 89.5 Å². The first-order valence-corrected chi connectivity index (χ1v) is 8.80. The van der Waals surface area contributed by atoms with E-state index in [2.05, 4.69) is 12.1 Å². The van der Waals surface area contributed by atoms with Gasteiger partial charge in [0.15, 0.2) is 0 Å².